The van der Waals surface area contributed by atoms with Crippen LogP contribution in [0.5, 0.6) is 0 Å². The number of hydrogen-bond acceptors (Lipinski definition) is 1. The molecule has 35 heavy (non-hydrogen) atoms. The molecule has 1 nitrogen and oxygen atoms in total. The molecule has 2 aliphatic carbocycles. The third-order valence-corrected chi connectivity index (χ3v) is 7.15. The zero-order valence-electron chi connectivity index (χ0n) is 20.4. The van der Waals surface area contributed by atoms with Crippen LogP contribution in [-0.2, 0) is 4.74 Å². The summed E-state index contributed by atoms with van der Waals surface area (Å²) in [6.07, 6.45) is 19.5. The summed E-state index contributed by atoms with van der Waals surface area (Å²) in [7, 11) is 0. The standard InChI is InChI=1S/C32H32Cl2O/c1-25-19-21-31(33,23-29(25)17-9-15-27-11-5-3-6-12-27)35-32(34)22-20-26(2)30(24-32)18-10-16-28-13-7-4-8-14-28/h3-16,19-22H,17-18,23-24H2,1-2H3. The van der Waals surface area contributed by atoms with Crippen LogP contribution in [0.25, 0.3) is 12.2 Å². The first-order valence-corrected chi connectivity index (χ1v) is 12.9. The van der Waals surface area contributed by atoms with Crippen LogP contribution in [0.3, 0.4) is 0 Å². The van der Waals surface area contributed by atoms with Gasteiger partial charge in [-0.25, -0.2) is 0 Å². The number of benzene rings is 2. The molecule has 0 radical (unpaired) electrons. The summed E-state index contributed by atoms with van der Waals surface area (Å²) >= 11 is 14.0. The van der Waals surface area contributed by atoms with Crippen LogP contribution in [0.15, 0.2) is 119 Å². The molecule has 0 spiro atoms. The fourth-order valence-corrected chi connectivity index (χ4v) is 5.17. The Morgan fingerprint density at radius 1 is 0.686 bits per heavy atom. The molecule has 2 aliphatic rings. The quantitative estimate of drug-likeness (QED) is 0.326. The molecule has 0 aliphatic heterocycles. The predicted octanol–water partition coefficient (Wildman–Crippen LogP) is 9.63. The zero-order chi connectivity index (χ0) is 24.7. The van der Waals surface area contributed by atoms with Gasteiger partial charge in [-0.15, -0.1) is 0 Å². The van der Waals surface area contributed by atoms with Crippen molar-refractivity contribution in [3.8, 4) is 0 Å². The molecule has 0 bridgehead atoms. The van der Waals surface area contributed by atoms with Crippen molar-refractivity contribution >= 4 is 35.4 Å². The van der Waals surface area contributed by atoms with Crippen LogP contribution in [0.4, 0.5) is 0 Å². The number of rotatable bonds is 8. The second-order valence-corrected chi connectivity index (χ2v) is 10.6. The van der Waals surface area contributed by atoms with Gasteiger partial charge in [0.15, 0.2) is 10.1 Å². The minimum Gasteiger partial charge on any atom is -0.330 e. The molecule has 2 unspecified atom stereocenters. The van der Waals surface area contributed by atoms with E-state index in [0.29, 0.717) is 12.8 Å². The highest BCUT2D eigenvalue weighted by atomic mass is 35.5. The second kappa shape index (κ2) is 11.4. The van der Waals surface area contributed by atoms with Crippen molar-refractivity contribution < 1.29 is 4.74 Å². The summed E-state index contributed by atoms with van der Waals surface area (Å²) < 4.78 is 6.43. The fourth-order valence-electron chi connectivity index (χ4n) is 4.40. The number of ether oxygens (including phenoxy) is 1. The Bertz CT molecular complexity index is 1110. The normalized spacial score (nSPS) is 24.8. The molecular weight excluding hydrogens is 471 g/mol. The summed E-state index contributed by atoms with van der Waals surface area (Å²) in [6.45, 7) is 4.25. The van der Waals surface area contributed by atoms with Gasteiger partial charge in [-0.2, -0.15) is 0 Å². The van der Waals surface area contributed by atoms with Crippen LogP contribution >= 0.6 is 23.2 Å². The molecule has 3 heteroatoms. The fraction of sp³-hybridized carbons (Fsp3) is 0.250. The van der Waals surface area contributed by atoms with Gasteiger partial charge in [-0.3, -0.25) is 0 Å². The third kappa shape index (κ3) is 7.21. The summed E-state index contributed by atoms with van der Waals surface area (Å²) in [6, 6.07) is 20.6. The van der Waals surface area contributed by atoms with Gasteiger partial charge in [0.2, 0.25) is 0 Å². The van der Waals surface area contributed by atoms with E-state index in [4.69, 9.17) is 27.9 Å². The van der Waals surface area contributed by atoms with E-state index in [1.807, 2.05) is 48.6 Å². The van der Waals surface area contributed by atoms with E-state index in [2.05, 4.69) is 74.6 Å². The molecule has 2 aromatic rings. The minimum absolute atomic E-state index is 0.601. The lowest BCUT2D eigenvalue weighted by Gasteiger charge is -2.38. The van der Waals surface area contributed by atoms with Crippen molar-refractivity contribution in [2.24, 2.45) is 0 Å². The molecule has 0 saturated heterocycles. The van der Waals surface area contributed by atoms with Crippen molar-refractivity contribution in [2.75, 3.05) is 0 Å². The Labute approximate surface area is 219 Å². The first kappa shape index (κ1) is 25.5. The number of halogens is 2. The number of hydrogen-bond donors (Lipinski definition) is 0. The highest BCUT2D eigenvalue weighted by Gasteiger charge is 2.40. The van der Waals surface area contributed by atoms with Crippen molar-refractivity contribution in [3.63, 3.8) is 0 Å². The average molecular weight is 504 g/mol. The lowest BCUT2D eigenvalue weighted by atomic mass is 9.91. The summed E-state index contributed by atoms with van der Waals surface area (Å²) in [5.41, 5.74) is 7.35. The zero-order valence-corrected chi connectivity index (χ0v) is 21.9. The van der Waals surface area contributed by atoms with Crippen molar-refractivity contribution in [1.82, 2.24) is 0 Å². The second-order valence-electron chi connectivity index (χ2n) is 9.30. The number of allylic oxidation sites excluding steroid dienone is 6. The maximum absolute atomic E-state index is 7.01. The Morgan fingerprint density at radius 3 is 1.49 bits per heavy atom. The van der Waals surface area contributed by atoms with Gasteiger partial charge in [-0.05, 0) is 50.0 Å². The predicted molar refractivity (Wildman–Crippen MR) is 151 cm³/mol. The van der Waals surface area contributed by atoms with Gasteiger partial charge in [0, 0.05) is 12.8 Å². The van der Waals surface area contributed by atoms with Crippen molar-refractivity contribution in [3.05, 3.63) is 131 Å². The van der Waals surface area contributed by atoms with Gasteiger partial charge in [0.25, 0.3) is 0 Å². The van der Waals surface area contributed by atoms with Crippen LogP contribution in [0, 0.1) is 0 Å². The molecule has 0 N–H and O–H groups in total. The highest BCUT2D eigenvalue weighted by Crippen LogP contribution is 2.44. The van der Waals surface area contributed by atoms with Gasteiger partial charge in [0.05, 0.1) is 0 Å². The molecule has 0 aromatic heterocycles. The van der Waals surface area contributed by atoms with E-state index in [1.54, 1.807) is 0 Å². The van der Waals surface area contributed by atoms with Crippen molar-refractivity contribution in [1.29, 1.82) is 0 Å². The minimum atomic E-state index is -0.974. The lowest BCUT2D eigenvalue weighted by Crippen LogP contribution is -2.38. The van der Waals surface area contributed by atoms with E-state index in [1.165, 1.54) is 33.4 Å². The smallest absolute Gasteiger partial charge is 0.167 e. The SMILES string of the molecule is CC1=C(CC=Cc2ccccc2)CC(Cl)(OC2(Cl)C=CC(C)=C(CC=Cc3ccccc3)C2)C=C1. The monoisotopic (exact) mass is 502 g/mol. The number of alkyl halides is 2. The summed E-state index contributed by atoms with van der Waals surface area (Å²) in [5.74, 6) is 0. The van der Waals surface area contributed by atoms with E-state index in [0.717, 1.165) is 12.8 Å². The highest BCUT2D eigenvalue weighted by molar-refractivity contribution is 6.27. The molecule has 2 atom stereocenters. The molecular formula is C32H32Cl2O. The van der Waals surface area contributed by atoms with Gasteiger partial charge < -0.3 is 4.74 Å². The van der Waals surface area contributed by atoms with Crippen LogP contribution in [0.1, 0.15) is 50.7 Å². The van der Waals surface area contributed by atoms with Gasteiger partial charge in [0.1, 0.15) is 0 Å². The van der Waals surface area contributed by atoms with Gasteiger partial charge in [-0.1, -0.05) is 143 Å². The Hall–Kier alpha value is -2.58. The summed E-state index contributed by atoms with van der Waals surface area (Å²) in [5, 5.41) is -1.95. The van der Waals surface area contributed by atoms with Crippen molar-refractivity contribution in [2.45, 2.75) is 49.7 Å². The molecule has 2 aromatic carbocycles. The first-order valence-electron chi connectivity index (χ1n) is 12.1. The Balaban J connectivity index is 1.39. The van der Waals surface area contributed by atoms with Crippen LogP contribution in [0.2, 0.25) is 0 Å². The molecule has 0 fully saturated rings. The van der Waals surface area contributed by atoms with E-state index < -0.39 is 10.1 Å². The van der Waals surface area contributed by atoms with Gasteiger partial charge >= 0.3 is 0 Å². The lowest BCUT2D eigenvalue weighted by molar-refractivity contribution is -0.0151. The van der Waals surface area contributed by atoms with E-state index >= 15 is 0 Å². The Morgan fingerprint density at radius 2 is 1.09 bits per heavy atom. The maximum Gasteiger partial charge on any atom is 0.167 e. The molecule has 0 heterocycles. The van der Waals surface area contributed by atoms with Crippen LogP contribution < -0.4 is 0 Å². The Kier molecular flexibility index (Phi) is 8.34. The summed E-state index contributed by atoms with van der Waals surface area (Å²) in [4.78, 5) is 0. The largest absolute Gasteiger partial charge is 0.330 e. The molecule has 4 rings (SSSR count). The van der Waals surface area contributed by atoms with Crippen LogP contribution in [-0.4, -0.2) is 10.1 Å². The topological polar surface area (TPSA) is 9.23 Å². The average Bonchev–Trinajstić information content (AvgIpc) is 2.85. The van der Waals surface area contributed by atoms with E-state index in [-0.39, 0.29) is 0 Å². The van der Waals surface area contributed by atoms with E-state index in [9.17, 15) is 0 Å². The first-order chi connectivity index (χ1) is 16.8. The molecule has 0 saturated carbocycles. The molecule has 0 amide bonds. The maximum atomic E-state index is 7.01. The third-order valence-electron chi connectivity index (χ3n) is 6.48. The molecule has 180 valence electrons.